The summed E-state index contributed by atoms with van der Waals surface area (Å²) in [7, 11) is 0. The summed E-state index contributed by atoms with van der Waals surface area (Å²) in [5, 5.41) is 0. The molecule has 0 unspecified atom stereocenters. The van der Waals surface area contributed by atoms with Gasteiger partial charge in [0.2, 0.25) is 0 Å². The summed E-state index contributed by atoms with van der Waals surface area (Å²) in [6, 6.07) is 1.79. The zero-order valence-electron chi connectivity index (χ0n) is 7.37. The first-order valence-electron chi connectivity index (χ1n) is 3.77. The lowest BCUT2D eigenvalue weighted by Crippen LogP contribution is -2.09. The van der Waals surface area contributed by atoms with Gasteiger partial charge < -0.3 is 5.43 Å². The summed E-state index contributed by atoms with van der Waals surface area (Å²) in [6.07, 6.45) is 0. The quantitative estimate of drug-likeness (QED) is 0.407. The van der Waals surface area contributed by atoms with Crippen LogP contribution in [0.2, 0.25) is 0 Å². The molecular formula is C8H11F3N2. The lowest BCUT2D eigenvalue weighted by molar-refractivity contribution is 0.449. The van der Waals surface area contributed by atoms with Crippen molar-refractivity contribution >= 4 is 5.69 Å². The standard InChI is InChI=1S/C6H5F3N2.C2H6/c7-3-1-2-4(11-10)6(9)5(3)8;1-2/h1-2,11H,10H2;1-2H3. The summed E-state index contributed by atoms with van der Waals surface area (Å²) in [6.45, 7) is 4.00. The number of benzene rings is 1. The number of halogens is 3. The predicted octanol–water partition coefficient (Wildman–Crippen LogP) is 2.42. The van der Waals surface area contributed by atoms with E-state index < -0.39 is 17.5 Å². The van der Waals surface area contributed by atoms with Gasteiger partial charge in [-0.3, -0.25) is 5.84 Å². The monoisotopic (exact) mass is 192 g/mol. The van der Waals surface area contributed by atoms with E-state index in [0.29, 0.717) is 0 Å². The fraction of sp³-hybridized carbons (Fsp3) is 0.250. The summed E-state index contributed by atoms with van der Waals surface area (Å²) < 4.78 is 37.1. The average molecular weight is 192 g/mol. The Labute approximate surface area is 74.5 Å². The largest absolute Gasteiger partial charge is 0.321 e. The third kappa shape index (κ3) is 2.62. The molecule has 0 radical (unpaired) electrons. The Morgan fingerprint density at radius 3 is 2.08 bits per heavy atom. The first kappa shape index (κ1) is 11.8. The number of hydrogen-bond donors (Lipinski definition) is 2. The van der Waals surface area contributed by atoms with Crippen LogP contribution in [-0.4, -0.2) is 0 Å². The van der Waals surface area contributed by atoms with Crippen molar-refractivity contribution in [2.75, 3.05) is 5.43 Å². The molecule has 1 rings (SSSR count). The zero-order chi connectivity index (χ0) is 10.4. The minimum Gasteiger partial charge on any atom is -0.321 e. The Kier molecular flexibility index (Phi) is 4.91. The molecule has 0 aliphatic carbocycles. The highest BCUT2D eigenvalue weighted by atomic mass is 19.2. The van der Waals surface area contributed by atoms with Crippen LogP contribution in [0, 0.1) is 17.5 Å². The van der Waals surface area contributed by atoms with Crippen LogP contribution in [0.25, 0.3) is 0 Å². The van der Waals surface area contributed by atoms with Gasteiger partial charge >= 0.3 is 0 Å². The van der Waals surface area contributed by atoms with E-state index in [9.17, 15) is 13.2 Å². The van der Waals surface area contributed by atoms with Crippen LogP contribution in [-0.2, 0) is 0 Å². The van der Waals surface area contributed by atoms with E-state index in [1.165, 1.54) is 0 Å². The van der Waals surface area contributed by atoms with E-state index >= 15 is 0 Å². The van der Waals surface area contributed by atoms with Crippen LogP contribution in [0.15, 0.2) is 12.1 Å². The number of nitrogens with two attached hydrogens (primary N) is 1. The Morgan fingerprint density at radius 2 is 1.62 bits per heavy atom. The maximum absolute atomic E-state index is 12.5. The molecule has 0 aliphatic rings. The van der Waals surface area contributed by atoms with Crippen molar-refractivity contribution in [2.24, 2.45) is 5.84 Å². The lowest BCUT2D eigenvalue weighted by Gasteiger charge is -2.01. The van der Waals surface area contributed by atoms with Crippen LogP contribution in [0.1, 0.15) is 13.8 Å². The third-order valence-electron chi connectivity index (χ3n) is 1.19. The maximum atomic E-state index is 12.5. The SMILES string of the molecule is CC.NNc1ccc(F)c(F)c1F. The minimum atomic E-state index is -1.53. The minimum absolute atomic E-state index is 0.274. The van der Waals surface area contributed by atoms with E-state index in [4.69, 9.17) is 5.84 Å². The van der Waals surface area contributed by atoms with Crippen molar-refractivity contribution in [1.82, 2.24) is 0 Å². The van der Waals surface area contributed by atoms with Gasteiger partial charge in [0.05, 0.1) is 5.69 Å². The normalized spacial score (nSPS) is 8.77. The lowest BCUT2D eigenvalue weighted by atomic mass is 10.3. The number of nitrogens with one attached hydrogen (secondary N) is 1. The summed E-state index contributed by atoms with van der Waals surface area (Å²) in [4.78, 5) is 0. The molecule has 0 atom stereocenters. The Hall–Kier alpha value is -1.23. The van der Waals surface area contributed by atoms with Gasteiger partial charge in [-0.15, -0.1) is 0 Å². The third-order valence-corrected chi connectivity index (χ3v) is 1.19. The molecule has 0 aliphatic heterocycles. The maximum Gasteiger partial charge on any atom is 0.196 e. The predicted molar refractivity (Wildman–Crippen MR) is 45.5 cm³/mol. The van der Waals surface area contributed by atoms with Crippen LogP contribution < -0.4 is 11.3 Å². The Morgan fingerprint density at radius 1 is 1.08 bits per heavy atom. The highest BCUT2D eigenvalue weighted by Crippen LogP contribution is 2.17. The number of rotatable bonds is 1. The molecule has 0 bridgehead atoms. The fourth-order valence-electron chi connectivity index (χ4n) is 0.637. The summed E-state index contributed by atoms with van der Waals surface area (Å²) in [5.41, 5.74) is 1.61. The van der Waals surface area contributed by atoms with E-state index in [2.05, 4.69) is 0 Å². The molecule has 5 heteroatoms. The van der Waals surface area contributed by atoms with Crippen molar-refractivity contribution in [2.45, 2.75) is 13.8 Å². The van der Waals surface area contributed by atoms with Gasteiger partial charge in [0.15, 0.2) is 17.5 Å². The molecular weight excluding hydrogens is 181 g/mol. The topological polar surface area (TPSA) is 38.0 Å². The second-order valence-corrected chi connectivity index (χ2v) is 1.87. The van der Waals surface area contributed by atoms with Crippen LogP contribution in [0.5, 0.6) is 0 Å². The second kappa shape index (κ2) is 5.42. The van der Waals surface area contributed by atoms with Crippen LogP contribution in [0.4, 0.5) is 18.9 Å². The molecule has 3 N–H and O–H groups in total. The number of anilines is 1. The second-order valence-electron chi connectivity index (χ2n) is 1.87. The van der Waals surface area contributed by atoms with Crippen LogP contribution in [0.3, 0.4) is 0 Å². The molecule has 0 saturated heterocycles. The molecule has 2 nitrogen and oxygen atoms in total. The van der Waals surface area contributed by atoms with Crippen molar-refractivity contribution in [3.8, 4) is 0 Å². The molecule has 0 fully saturated rings. The molecule has 74 valence electrons. The zero-order valence-corrected chi connectivity index (χ0v) is 7.37. The number of hydrazine groups is 1. The molecule has 0 aromatic heterocycles. The molecule has 0 amide bonds. The first-order chi connectivity index (χ1) is 6.16. The average Bonchev–Trinajstić information content (AvgIpc) is 2.18. The van der Waals surface area contributed by atoms with Gasteiger partial charge in [-0.25, -0.2) is 13.2 Å². The van der Waals surface area contributed by atoms with Gasteiger partial charge in [0, 0.05) is 0 Å². The molecule has 1 aromatic rings. The van der Waals surface area contributed by atoms with Gasteiger partial charge in [0.1, 0.15) is 0 Å². The van der Waals surface area contributed by atoms with E-state index in [1.807, 2.05) is 19.3 Å². The van der Waals surface area contributed by atoms with E-state index in [-0.39, 0.29) is 5.69 Å². The molecule has 1 aromatic carbocycles. The molecule has 13 heavy (non-hydrogen) atoms. The first-order valence-corrected chi connectivity index (χ1v) is 3.77. The molecule has 0 saturated carbocycles. The van der Waals surface area contributed by atoms with Crippen LogP contribution >= 0.6 is 0 Å². The molecule has 0 spiro atoms. The van der Waals surface area contributed by atoms with Crippen molar-refractivity contribution in [3.63, 3.8) is 0 Å². The van der Waals surface area contributed by atoms with Gasteiger partial charge in [0.25, 0.3) is 0 Å². The Balaban J connectivity index is 0.000000671. The van der Waals surface area contributed by atoms with Gasteiger partial charge in [-0.2, -0.15) is 0 Å². The highest BCUT2D eigenvalue weighted by Gasteiger charge is 2.11. The summed E-state index contributed by atoms with van der Waals surface area (Å²) in [5.74, 6) is 0.716. The number of nitrogen functional groups attached to an aromatic ring is 1. The smallest absolute Gasteiger partial charge is 0.196 e. The van der Waals surface area contributed by atoms with Crippen molar-refractivity contribution < 1.29 is 13.2 Å². The Bertz CT molecular complexity index is 276. The van der Waals surface area contributed by atoms with Crippen molar-refractivity contribution in [3.05, 3.63) is 29.6 Å². The van der Waals surface area contributed by atoms with E-state index in [0.717, 1.165) is 12.1 Å². The van der Waals surface area contributed by atoms with Crippen molar-refractivity contribution in [1.29, 1.82) is 0 Å². The van der Waals surface area contributed by atoms with Gasteiger partial charge in [-0.05, 0) is 12.1 Å². The number of hydrogen-bond acceptors (Lipinski definition) is 2. The molecule has 0 heterocycles. The van der Waals surface area contributed by atoms with E-state index in [1.54, 1.807) is 0 Å². The highest BCUT2D eigenvalue weighted by molar-refractivity contribution is 5.43. The van der Waals surface area contributed by atoms with Gasteiger partial charge in [-0.1, -0.05) is 13.8 Å². The summed E-state index contributed by atoms with van der Waals surface area (Å²) >= 11 is 0. The fourth-order valence-corrected chi connectivity index (χ4v) is 0.637.